The zero-order valence-electron chi connectivity index (χ0n) is 63.6. The predicted molar refractivity (Wildman–Crippen MR) is 439 cm³/mol. The number of nitrogens with zero attached hydrogens (tertiary/aromatic N) is 3. The molecule has 624 valence electrons. The maximum Gasteiger partial charge on any atom is 0.0824 e. The number of carbonyl (C=O) groups is 7. The largest absolute Gasteiger partial charge is 0.374 e. The third-order valence-electron chi connectivity index (χ3n) is 13.0. The van der Waals surface area contributed by atoms with Gasteiger partial charge < -0.3 is 88.7 Å². The Labute approximate surface area is 693 Å². The number of carbonyl (C=O) groups excluding carboxylic acids is 7. The molecule has 0 aromatic heterocycles. The summed E-state index contributed by atoms with van der Waals surface area (Å²) in [6.07, 6.45) is -3.97. The summed E-state index contributed by atoms with van der Waals surface area (Å²) in [6, 6.07) is 20.9. The number of amides is 4. The fraction of sp³-hybridized carbons (Fsp3) is 0.662. The van der Waals surface area contributed by atoms with Crippen molar-refractivity contribution < 1.29 is 104 Å². The van der Waals surface area contributed by atoms with Crippen molar-refractivity contribution in [3.63, 3.8) is 0 Å². The van der Waals surface area contributed by atoms with Crippen LogP contribution in [0.5, 0.6) is 0 Å². The van der Waals surface area contributed by atoms with Gasteiger partial charge in [-0.15, -0.1) is 0 Å². The second kappa shape index (κ2) is 57.1. The second-order valence-corrected chi connectivity index (χ2v) is 46.4. The molecule has 4 atom stereocenters. The van der Waals surface area contributed by atoms with Crippen LogP contribution in [0, 0.1) is 0 Å². The molecular formula is C74H124Cl4I3N8O19-. The Kier molecular flexibility index (Phi) is 57.2. The maximum atomic E-state index is 12.2. The maximum absolute atomic E-state index is 12.2. The van der Waals surface area contributed by atoms with Gasteiger partial charge in [0, 0.05) is 92.0 Å². The topological polar surface area (TPSA) is 314 Å². The standard InChI is InChI=1S/C18H26N2O5.C17H24Cl2N2O3.C12H16Cl2N2O.C10H20N2O3.C10H18O5.C4H8O2.3CH4.I3/c1-18(2,3)25-16(21)19-11-15-12-20(9-10-23-15)17(22)24-13-14-7-5-4-6-8-14;1-17(2,3)24-16(22)20-9-13-11-21(6-7-23-13)10-12-4-5-14(18)15(19)8-12;13-11-2-1-9(5-12(11)14)7-16-3-4-17-10(6-15)8-16;1-10(2,3)15-9(13)12-7-8-6-11-4-5-14-8;1-9(2,3)14-7(11)13-8(12)15-10(4,5)6;1-3-6-4(2)5;;;;1-3-2/h4-8,15H,9-13H2,1-3H3,(H,19,21);4-5,8,13H,6-7,9-11H2,1-3H3,(H,20,22);1-2,5,10H,3-4,6-8,15H2;8,11H,4-7H2,1-3H3,(H,12,13);1-6H3;3H2,1-2H3;3*1H4;/q;;;;;;;;;-1/t15-;13-;10-;8-;;;;;;/m0001....../s1. The van der Waals surface area contributed by atoms with Gasteiger partial charge in [-0.1, -0.05) is 111 Å². The number of alkyl carbamates (subject to hydrolysis) is 3. The molecule has 27 nitrogen and oxygen atoms in total. The number of hydrogen-bond donors (Lipinski definition) is 5. The molecule has 0 saturated carbocycles. The van der Waals surface area contributed by atoms with E-state index in [1.807, 2.05) is 102 Å². The molecule has 34 heteroatoms. The number of morpholine rings is 4. The summed E-state index contributed by atoms with van der Waals surface area (Å²) in [4.78, 5) is 84.9. The number of nitrogens with one attached hydrogen (secondary N) is 4. The average Bonchev–Trinajstić information content (AvgIpc) is 0.865. The third kappa shape index (κ3) is 57.9. The van der Waals surface area contributed by atoms with Crippen LogP contribution in [0.25, 0.3) is 0 Å². The number of hydrogen-bond acceptors (Lipinski definition) is 23. The molecule has 4 amide bonds. The summed E-state index contributed by atoms with van der Waals surface area (Å²) in [6.45, 7) is 42.0. The number of halogens is 7. The van der Waals surface area contributed by atoms with Crippen molar-refractivity contribution in [2.24, 2.45) is 5.73 Å². The van der Waals surface area contributed by atoms with Gasteiger partial charge in [0.25, 0.3) is 0 Å². The molecule has 4 saturated heterocycles. The summed E-state index contributed by atoms with van der Waals surface area (Å²) >= 11 is 29.2. The first-order chi connectivity index (χ1) is 48.9. The van der Waals surface area contributed by atoms with E-state index in [4.69, 9.17) is 99.5 Å². The molecule has 7 rings (SSSR count). The van der Waals surface area contributed by atoms with Crippen LogP contribution in [0.4, 0.5) is 28.8 Å². The Hall–Kier alpha value is -4.02. The molecule has 4 fully saturated rings. The molecule has 0 radical (unpaired) electrons. The Balaban J connectivity index is -0.00000125. The van der Waals surface area contributed by atoms with E-state index in [-0.39, 0.29) is 71.9 Å². The zero-order chi connectivity index (χ0) is 79.6. The van der Waals surface area contributed by atoms with Crippen molar-refractivity contribution in [3.8, 4) is 0 Å². The molecule has 0 unspecified atom stereocenters. The fourth-order valence-electron chi connectivity index (χ4n) is 8.82. The average molecular weight is 1950 g/mol. The van der Waals surface area contributed by atoms with Crippen molar-refractivity contribution in [1.29, 1.82) is 0 Å². The predicted octanol–water partition coefficient (Wildman–Crippen LogP) is 13.0. The summed E-state index contributed by atoms with van der Waals surface area (Å²) in [5, 5.41) is 13.6. The van der Waals surface area contributed by atoms with E-state index in [0.717, 1.165) is 75.7 Å². The van der Waals surface area contributed by atoms with E-state index in [0.29, 0.717) is 92.5 Å². The smallest absolute Gasteiger partial charge is 0.0824 e. The van der Waals surface area contributed by atoms with E-state index < -0.39 is 58.6 Å². The first kappa shape index (κ1) is 108. The number of benzene rings is 3. The molecule has 0 bridgehead atoms. The van der Waals surface area contributed by atoms with Crippen molar-refractivity contribution in [1.82, 2.24) is 36.0 Å². The van der Waals surface area contributed by atoms with Gasteiger partial charge in [-0.05, 0) is 152 Å². The minimum absolute atomic E-state index is 0. The monoisotopic (exact) mass is 1950 g/mol. The van der Waals surface area contributed by atoms with Crippen LogP contribution in [-0.4, -0.2) is 221 Å². The Morgan fingerprint density at radius 1 is 0.519 bits per heavy atom. The van der Waals surface area contributed by atoms with E-state index >= 15 is 0 Å². The van der Waals surface area contributed by atoms with Crippen LogP contribution in [0.3, 0.4) is 0 Å². The second-order valence-electron chi connectivity index (χ2n) is 28.5. The van der Waals surface area contributed by atoms with Crippen molar-refractivity contribution in [3.05, 3.63) is 104 Å². The number of ether oxygens (including phenoxy) is 12. The first-order valence-electron chi connectivity index (χ1n) is 34.1. The van der Waals surface area contributed by atoms with E-state index in [1.54, 1.807) is 80.2 Å². The molecule has 4 aliphatic rings. The summed E-state index contributed by atoms with van der Waals surface area (Å²) in [7, 11) is 0. The van der Waals surface area contributed by atoms with Crippen LogP contribution < -0.4 is 40.3 Å². The molecule has 4 aliphatic heterocycles. The van der Waals surface area contributed by atoms with Gasteiger partial charge >= 0.3 is 93.1 Å². The SMILES string of the molecule is C.C.C.CC(C)(C)OC(=O)NC[C@H]1CN(C(=O)OCc2ccccc2)CCO1.CC(C)(C)OC(=O)NC[C@H]1CN(Cc2ccc(Cl)c(Cl)c2)CCO1.CC(C)(C)OC(=O)NC[C@H]1CNCCO1.CC(C)(C)OC(=O)OC(=O)OC(C)(C)C.CCOC(C)=O.I[I-]I.NC[C@H]1CN(Cc2ccc(Cl)c(Cl)c2)CCO1. The van der Waals surface area contributed by atoms with Crippen LogP contribution >= 0.6 is 83.6 Å². The molecule has 108 heavy (non-hydrogen) atoms. The van der Waals surface area contributed by atoms with Gasteiger partial charge in [-0.3, -0.25) is 14.6 Å². The van der Waals surface area contributed by atoms with Crippen molar-refractivity contribution >= 4 is 126 Å². The Morgan fingerprint density at radius 2 is 0.898 bits per heavy atom. The summed E-state index contributed by atoms with van der Waals surface area (Å²) in [5.74, 6) is -0.211. The van der Waals surface area contributed by atoms with Gasteiger partial charge in [0.1, 0.15) is 34.6 Å². The number of esters is 1. The van der Waals surface area contributed by atoms with E-state index in [9.17, 15) is 33.6 Å². The van der Waals surface area contributed by atoms with Gasteiger partial charge in [0.05, 0.1) is 84.1 Å². The third-order valence-corrected chi connectivity index (χ3v) is 14.5. The van der Waals surface area contributed by atoms with Crippen molar-refractivity contribution in [2.45, 2.75) is 212 Å². The Bertz CT molecular complexity index is 3010. The molecular weight excluding hydrogens is 1830 g/mol. The number of nitrogens with two attached hydrogens (primary N) is 1. The molecule has 0 spiro atoms. The molecule has 3 aromatic carbocycles. The normalized spacial score (nSPS) is 17.1. The fourth-order valence-corrected chi connectivity index (χ4v) is 9.47. The number of rotatable bonds is 14. The summed E-state index contributed by atoms with van der Waals surface area (Å²) < 4.78 is 61.3. The van der Waals surface area contributed by atoms with Crippen LogP contribution in [0.15, 0.2) is 66.7 Å². The van der Waals surface area contributed by atoms with Gasteiger partial charge in [-0.2, -0.15) is 0 Å². The Morgan fingerprint density at radius 3 is 1.26 bits per heavy atom. The molecule has 6 N–H and O–H groups in total. The minimum Gasteiger partial charge on any atom is -0.374 e. The van der Waals surface area contributed by atoms with Gasteiger partial charge in [-0.25, -0.2) is 28.8 Å². The molecule has 4 heterocycles. The van der Waals surface area contributed by atoms with Crippen LogP contribution in [0.2, 0.25) is 20.1 Å². The molecule has 0 aliphatic carbocycles. The quantitative estimate of drug-likeness (QED) is 0.0433. The van der Waals surface area contributed by atoms with Crippen LogP contribution in [-0.2, 0) is 81.3 Å². The summed E-state index contributed by atoms with van der Waals surface area (Å²) in [5.41, 5.74) is 5.92. The minimum atomic E-state index is -1.06. The van der Waals surface area contributed by atoms with Crippen molar-refractivity contribution in [2.75, 3.05) is 112 Å². The van der Waals surface area contributed by atoms with Crippen LogP contribution in [0.1, 0.15) is 157 Å². The zero-order valence-corrected chi connectivity index (χ0v) is 73.1. The molecule has 3 aromatic rings. The van der Waals surface area contributed by atoms with Gasteiger partial charge in [0.2, 0.25) is 0 Å². The van der Waals surface area contributed by atoms with E-state index in [2.05, 4.69) is 77.8 Å². The van der Waals surface area contributed by atoms with E-state index in [1.165, 1.54) is 6.92 Å². The first-order valence-corrected chi connectivity index (χ1v) is 48.2. The van der Waals surface area contributed by atoms with Gasteiger partial charge in [0.15, 0.2) is 0 Å².